The lowest BCUT2D eigenvalue weighted by atomic mass is 10.0. The maximum Gasteiger partial charge on any atom is 0.245 e. The van der Waals surface area contributed by atoms with Crippen molar-refractivity contribution in [2.75, 3.05) is 26.7 Å². The molecule has 5 nitrogen and oxygen atoms in total. The van der Waals surface area contributed by atoms with Gasteiger partial charge in [0.2, 0.25) is 11.8 Å². The van der Waals surface area contributed by atoms with E-state index < -0.39 is 0 Å². The first-order valence-electron chi connectivity index (χ1n) is 7.29. The van der Waals surface area contributed by atoms with E-state index in [1.165, 1.54) is 0 Å². The van der Waals surface area contributed by atoms with E-state index in [1.807, 2.05) is 25.8 Å². The first-order valence-corrected chi connectivity index (χ1v) is 7.29. The zero-order valence-corrected chi connectivity index (χ0v) is 12.2. The van der Waals surface area contributed by atoms with Gasteiger partial charge in [-0.05, 0) is 25.3 Å². The number of carbonyl (C=O) groups excluding carboxylic acids is 2. The zero-order valence-electron chi connectivity index (χ0n) is 12.2. The molecule has 2 rings (SSSR count). The van der Waals surface area contributed by atoms with Crippen LogP contribution < -0.4 is 5.32 Å². The summed E-state index contributed by atoms with van der Waals surface area (Å²) in [5.74, 6) is 0.385. The topological polar surface area (TPSA) is 52.7 Å². The summed E-state index contributed by atoms with van der Waals surface area (Å²) in [6, 6.07) is -0.0212. The van der Waals surface area contributed by atoms with Crippen LogP contribution in [0.1, 0.15) is 33.1 Å². The largest absolute Gasteiger partial charge is 0.340 e. The van der Waals surface area contributed by atoms with Crippen molar-refractivity contribution >= 4 is 11.8 Å². The van der Waals surface area contributed by atoms with Crippen LogP contribution in [0.2, 0.25) is 0 Å². The van der Waals surface area contributed by atoms with Gasteiger partial charge in [0.05, 0.1) is 0 Å². The number of amides is 2. The molecule has 0 aliphatic carbocycles. The van der Waals surface area contributed by atoms with E-state index in [2.05, 4.69) is 5.32 Å². The highest BCUT2D eigenvalue weighted by Gasteiger charge is 2.38. The summed E-state index contributed by atoms with van der Waals surface area (Å²) in [6.07, 6.45) is 2.47. The Hall–Kier alpha value is -1.10. The number of hydrogen-bond acceptors (Lipinski definition) is 3. The fourth-order valence-corrected chi connectivity index (χ4v) is 3.10. The molecular weight excluding hydrogens is 242 g/mol. The van der Waals surface area contributed by atoms with Gasteiger partial charge in [0.15, 0.2) is 0 Å². The van der Waals surface area contributed by atoms with Crippen molar-refractivity contribution in [3.05, 3.63) is 0 Å². The van der Waals surface area contributed by atoms with Gasteiger partial charge < -0.3 is 15.1 Å². The molecule has 2 amide bonds. The molecule has 2 saturated heterocycles. The summed E-state index contributed by atoms with van der Waals surface area (Å²) >= 11 is 0. The lowest BCUT2D eigenvalue weighted by Crippen LogP contribution is -2.53. The molecule has 0 aromatic rings. The van der Waals surface area contributed by atoms with Crippen LogP contribution in [0.15, 0.2) is 0 Å². The van der Waals surface area contributed by atoms with Crippen LogP contribution in [-0.4, -0.2) is 60.4 Å². The summed E-state index contributed by atoms with van der Waals surface area (Å²) in [6.45, 7) is 6.60. The molecule has 19 heavy (non-hydrogen) atoms. The molecule has 0 radical (unpaired) electrons. The maximum atomic E-state index is 12.7. The van der Waals surface area contributed by atoms with Crippen LogP contribution in [-0.2, 0) is 9.59 Å². The highest BCUT2D eigenvalue weighted by Crippen LogP contribution is 2.22. The van der Waals surface area contributed by atoms with Gasteiger partial charge in [0.25, 0.3) is 0 Å². The maximum absolute atomic E-state index is 12.7. The van der Waals surface area contributed by atoms with E-state index in [-0.39, 0.29) is 29.8 Å². The fourth-order valence-electron chi connectivity index (χ4n) is 3.10. The smallest absolute Gasteiger partial charge is 0.245 e. The Labute approximate surface area is 115 Å². The van der Waals surface area contributed by atoms with Crippen LogP contribution in [0.4, 0.5) is 0 Å². The Morgan fingerprint density at radius 2 is 2.21 bits per heavy atom. The number of nitrogens with zero attached hydrogens (tertiary/aromatic N) is 2. The number of nitrogens with one attached hydrogen (secondary N) is 1. The van der Waals surface area contributed by atoms with Crippen molar-refractivity contribution in [1.29, 1.82) is 0 Å². The Morgan fingerprint density at radius 3 is 2.68 bits per heavy atom. The van der Waals surface area contributed by atoms with E-state index in [1.54, 1.807) is 4.90 Å². The molecule has 2 fully saturated rings. The normalized spacial score (nSPS) is 25.2. The molecule has 0 aromatic carbocycles. The minimum atomic E-state index is -0.291. The Kier molecular flexibility index (Phi) is 4.45. The van der Waals surface area contributed by atoms with Gasteiger partial charge in [-0.15, -0.1) is 0 Å². The molecule has 0 spiro atoms. The second kappa shape index (κ2) is 5.90. The molecule has 2 aliphatic rings. The average Bonchev–Trinajstić information content (AvgIpc) is 3.00. The van der Waals surface area contributed by atoms with Crippen LogP contribution in [0.25, 0.3) is 0 Å². The number of carbonyl (C=O) groups is 2. The second-order valence-corrected chi connectivity index (χ2v) is 5.98. The molecule has 2 atom stereocenters. The highest BCUT2D eigenvalue weighted by atomic mass is 16.2. The molecule has 5 heteroatoms. The van der Waals surface area contributed by atoms with Crippen molar-refractivity contribution in [2.24, 2.45) is 5.92 Å². The lowest BCUT2D eigenvalue weighted by Gasteiger charge is -2.35. The number of hydrogen-bond donors (Lipinski definition) is 1. The van der Waals surface area contributed by atoms with E-state index in [0.717, 1.165) is 32.5 Å². The molecule has 2 unspecified atom stereocenters. The number of likely N-dealkylation sites (tertiary alicyclic amines) is 1. The number of rotatable bonds is 4. The first kappa shape index (κ1) is 14.3. The predicted molar refractivity (Wildman–Crippen MR) is 73.6 cm³/mol. The highest BCUT2D eigenvalue weighted by molar-refractivity contribution is 5.88. The minimum Gasteiger partial charge on any atom is -0.340 e. The molecule has 108 valence electrons. The minimum absolute atomic E-state index is 0.0963. The van der Waals surface area contributed by atoms with Crippen LogP contribution in [0, 0.1) is 5.92 Å². The van der Waals surface area contributed by atoms with Crippen molar-refractivity contribution in [2.45, 2.75) is 45.2 Å². The third-order valence-corrected chi connectivity index (χ3v) is 4.26. The SMILES string of the molecule is CC(C)C(C(=O)N(C)C1CCNC1)N1CCCC1=O. The monoisotopic (exact) mass is 267 g/mol. The fraction of sp³-hybridized carbons (Fsp3) is 0.857. The van der Waals surface area contributed by atoms with Crippen molar-refractivity contribution in [3.8, 4) is 0 Å². The molecule has 0 aromatic heterocycles. The average molecular weight is 267 g/mol. The van der Waals surface area contributed by atoms with Gasteiger partial charge in [0.1, 0.15) is 6.04 Å². The lowest BCUT2D eigenvalue weighted by molar-refractivity contribution is -0.145. The molecule has 0 saturated carbocycles. The second-order valence-electron chi connectivity index (χ2n) is 5.98. The van der Waals surface area contributed by atoms with Gasteiger partial charge in [-0.2, -0.15) is 0 Å². The van der Waals surface area contributed by atoms with E-state index in [4.69, 9.17) is 0 Å². The molecule has 1 N–H and O–H groups in total. The van der Waals surface area contributed by atoms with E-state index in [9.17, 15) is 9.59 Å². The van der Waals surface area contributed by atoms with Crippen molar-refractivity contribution in [1.82, 2.24) is 15.1 Å². The van der Waals surface area contributed by atoms with E-state index >= 15 is 0 Å². The van der Waals surface area contributed by atoms with Crippen molar-refractivity contribution in [3.63, 3.8) is 0 Å². The van der Waals surface area contributed by atoms with Gasteiger partial charge in [-0.1, -0.05) is 13.8 Å². The summed E-state index contributed by atoms with van der Waals surface area (Å²) in [5, 5.41) is 3.28. The molecule has 2 heterocycles. The predicted octanol–water partition coefficient (Wildman–Crippen LogP) is 0.454. The summed E-state index contributed by atoms with van der Waals surface area (Å²) in [4.78, 5) is 28.2. The molecule has 0 bridgehead atoms. The van der Waals surface area contributed by atoms with Gasteiger partial charge in [-0.25, -0.2) is 0 Å². The number of likely N-dealkylation sites (N-methyl/N-ethyl adjacent to an activating group) is 1. The quantitative estimate of drug-likeness (QED) is 0.805. The zero-order chi connectivity index (χ0) is 14.0. The third-order valence-electron chi connectivity index (χ3n) is 4.26. The van der Waals surface area contributed by atoms with E-state index in [0.29, 0.717) is 6.42 Å². The van der Waals surface area contributed by atoms with Crippen LogP contribution in [0.3, 0.4) is 0 Å². The van der Waals surface area contributed by atoms with Gasteiger partial charge in [0, 0.05) is 32.6 Å². The Bertz CT molecular complexity index is 351. The summed E-state index contributed by atoms with van der Waals surface area (Å²) in [5.41, 5.74) is 0. The summed E-state index contributed by atoms with van der Waals surface area (Å²) < 4.78 is 0. The third kappa shape index (κ3) is 2.91. The van der Waals surface area contributed by atoms with Crippen LogP contribution >= 0.6 is 0 Å². The van der Waals surface area contributed by atoms with Crippen LogP contribution in [0.5, 0.6) is 0 Å². The van der Waals surface area contributed by atoms with Gasteiger partial charge >= 0.3 is 0 Å². The Balaban J connectivity index is 2.09. The summed E-state index contributed by atoms with van der Waals surface area (Å²) in [7, 11) is 1.87. The van der Waals surface area contributed by atoms with Gasteiger partial charge in [-0.3, -0.25) is 9.59 Å². The standard InChI is InChI=1S/C14H25N3O2/c1-10(2)13(17-8-4-5-12(17)18)14(19)16(3)11-6-7-15-9-11/h10-11,13,15H,4-9H2,1-3H3. The molecule has 2 aliphatic heterocycles. The first-order chi connectivity index (χ1) is 9.02. The molecular formula is C14H25N3O2. The van der Waals surface area contributed by atoms with Crippen molar-refractivity contribution < 1.29 is 9.59 Å². The Morgan fingerprint density at radius 1 is 1.47 bits per heavy atom.